The summed E-state index contributed by atoms with van der Waals surface area (Å²) in [5, 5.41) is 6.98. The second kappa shape index (κ2) is 6.89. The zero-order chi connectivity index (χ0) is 22.0. The predicted octanol–water partition coefficient (Wildman–Crippen LogP) is 4.41. The minimum absolute atomic E-state index is 0.192. The van der Waals surface area contributed by atoms with Crippen molar-refractivity contribution in [1.82, 2.24) is 14.5 Å². The van der Waals surface area contributed by atoms with Gasteiger partial charge in [0, 0.05) is 29.6 Å². The van der Waals surface area contributed by atoms with Gasteiger partial charge in [-0.3, -0.25) is 5.10 Å². The third-order valence-electron chi connectivity index (χ3n) is 6.11. The second-order valence-electron chi connectivity index (χ2n) is 7.86. The molecular formula is C21H17F4N3O2S. The Bertz CT molecular complexity index is 1220. The van der Waals surface area contributed by atoms with Crippen LogP contribution in [0.3, 0.4) is 0 Å². The normalized spacial score (nSPS) is 23.7. The van der Waals surface area contributed by atoms with E-state index >= 15 is 0 Å². The lowest BCUT2D eigenvalue weighted by molar-refractivity contribution is -0.137. The molecule has 2 aromatic carbocycles. The Morgan fingerprint density at radius 1 is 1.03 bits per heavy atom. The zero-order valence-corrected chi connectivity index (χ0v) is 16.8. The van der Waals surface area contributed by atoms with Crippen molar-refractivity contribution in [3.8, 4) is 0 Å². The third-order valence-corrected chi connectivity index (χ3v) is 8.05. The smallest absolute Gasteiger partial charge is 0.282 e. The molecule has 2 aliphatic heterocycles. The molecule has 0 amide bonds. The second-order valence-corrected chi connectivity index (χ2v) is 9.70. The Morgan fingerprint density at radius 2 is 1.71 bits per heavy atom. The van der Waals surface area contributed by atoms with Gasteiger partial charge in [0.1, 0.15) is 5.82 Å². The van der Waals surface area contributed by atoms with E-state index in [0.29, 0.717) is 12.8 Å². The quantitative estimate of drug-likeness (QED) is 0.600. The summed E-state index contributed by atoms with van der Waals surface area (Å²) in [7, 11) is -4.08. The summed E-state index contributed by atoms with van der Waals surface area (Å²) >= 11 is 0. The number of aromatic amines is 1. The molecule has 2 aliphatic rings. The molecule has 0 radical (unpaired) electrons. The molecule has 2 bridgehead atoms. The lowest BCUT2D eigenvalue weighted by Gasteiger charge is -2.34. The van der Waals surface area contributed by atoms with Crippen LogP contribution < -0.4 is 0 Å². The van der Waals surface area contributed by atoms with E-state index < -0.39 is 27.8 Å². The molecule has 10 heteroatoms. The number of aromatic nitrogens is 2. The SMILES string of the molecule is O=S(=O)(c1ccc(C(F)(F)F)cc1)N1C2Cc3[nH]ncc3C1C(c1ccc(F)cc1)C2. The largest absolute Gasteiger partial charge is 0.416 e. The summed E-state index contributed by atoms with van der Waals surface area (Å²) in [6.07, 6.45) is -2.03. The first-order chi connectivity index (χ1) is 14.7. The van der Waals surface area contributed by atoms with Gasteiger partial charge in [-0.2, -0.15) is 22.6 Å². The number of alkyl halides is 3. The first-order valence-electron chi connectivity index (χ1n) is 9.64. The Hall–Kier alpha value is -2.72. The van der Waals surface area contributed by atoms with E-state index in [4.69, 9.17) is 0 Å². The van der Waals surface area contributed by atoms with E-state index in [1.165, 1.54) is 16.4 Å². The van der Waals surface area contributed by atoms with Gasteiger partial charge in [0.2, 0.25) is 10.0 Å². The van der Waals surface area contributed by atoms with Crippen LogP contribution in [-0.4, -0.2) is 29.0 Å². The maximum atomic E-state index is 13.5. The van der Waals surface area contributed by atoms with Gasteiger partial charge in [-0.1, -0.05) is 12.1 Å². The van der Waals surface area contributed by atoms with Crippen molar-refractivity contribution in [2.75, 3.05) is 0 Å². The summed E-state index contributed by atoms with van der Waals surface area (Å²) in [6, 6.07) is 8.53. The van der Waals surface area contributed by atoms with E-state index in [0.717, 1.165) is 41.1 Å². The summed E-state index contributed by atoms with van der Waals surface area (Å²) in [4.78, 5) is -0.192. The van der Waals surface area contributed by atoms with Crippen LogP contribution in [0.25, 0.3) is 0 Å². The van der Waals surface area contributed by atoms with Gasteiger partial charge >= 0.3 is 6.18 Å². The lowest BCUT2D eigenvalue weighted by atomic mass is 9.89. The number of benzene rings is 2. The Labute approximate surface area is 175 Å². The summed E-state index contributed by atoms with van der Waals surface area (Å²) in [5.41, 5.74) is 1.47. The van der Waals surface area contributed by atoms with Gasteiger partial charge in [-0.15, -0.1) is 0 Å². The van der Waals surface area contributed by atoms with E-state index in [2.05, 4.69) is 10.2 Å². The van der Waals surface area contributed by atoms with Crippen molar-refractivity contribution in [3.63, 3.8) is 0 Å². The molecule has 1 N–H and O–H groups in total. The van der Waals surface area contributed by atoms with E-state index in [-0.39, 0.29) is 22.7 Å². The molecule has 31 heavy (non-hydrogen) atoms. The number of halogens is 4. The third kappa shape index (κ3) is 3.25. The van der Waals surface area contributed by atoms with Gasteiger partial charge in [0.15, 0.2) is 0 Å². The predicted molar refractivity (Wildman–Crippen MR) is 103 cm³/mol. The van der Waals surface area contributed by atoms with E-state index in [1.807, 2.05) is 0 Å². The first-order valence-corrected chi connectivity index (χ1v) is 11.1. The van der Waals surface area contributed by atoms with Gasteiger partial charge in [-0.05, 0) is 48.4 Å². The fourth-order valence-electron chi connectivity index (χ4n) is 4.75. The van der Waals surface area contributed by atoms with Crippen molar-refractivity contribution >= 4 is 10.0 Å². The monoisotopic (exact) mass is 451 g/mol. The minimum Gasteiger partial charge on any atom is -0.282 e. The molecule has 5 nitrogen and oxygen atoms in total. The average molecular weight is 451 g/mol. The number of nitrogens with zero attached hydrogens (tertiary/aromatic N) is 2. The van der Waals surface area contributed by atoms with Crippen LogP contribution in [0.2, 0.25) is 0 Å². The molecule has 5 rings (SSSR count). The highest BCUT2D eigenvalue weighted by Crippen LogP contribution is 2.53. The van der Waals surface area contributed by atoms with Crippen LogP contribution in [-0.2, 0) is 22.6 Å². The molecule has 1 saturated heterocycles. The van der Waals surface area contributed by atoms with Crippen LogP contribution >= 0.6 is 0 Å². The molecule has 0 saturated carbocycles. The molecule has 3 heterocycles. The molecule has 3 unspecified atom stereocenters. The van der Waals surface area contributed by atoms with Gasteiger partial charge in [0.05, 0.1) is 22.7 Å². The van der Waals surface area contributed by atoms with E-state index in [1.54, 1.807) is 18.3 Å². The van der Waals surface area contributed by atoms with Gasteiger partial charge < -0.3 is 0 Å². The molecule has 0 aliphatic carbocycles. The topological polar surface area (TPSA) is 66.1 Å². The highest BCUT2D eigenvalue weighted by molar-refractivity contribution is 7.89. The molecule has 3 aromatic rings. The van der Waals surface area contributed by atoms with Crippen LogP contribution in [0.4, 0.5) is 17.6 Å². The number of fused-ring (bicyclic) bond motifs is 4. The Morgan fingerprint density at radius 3 is 2.35 bits per heavy atom. The fourth-order valence-corrected chi connectivity index (χ4v) is 6.58. The number of rotatable bonds is 3. The maximum Gasteiger partial charge on any atom is 0.416 e. The van der Waals surface area contributed by atoms with Gasteiger partial charge in [0.25, 0.3) is 0 Å². The lowest BCUT2D eigenvalue weighted by Crippen LogP contribution is -2.42. The zero-order valence-electron chi connectivity index (χ0n) is 16.0. The van der Waals surface area contributed by atoms with Crippen molar-refractivity contribution in [1.29, 1.82) is 0 Å². The molecule has 162 valence electrons. The highest BCUT2D eigenvalue weighted by atomic mass is 32.2. The average Bonchev–Trinajstić information content (AvgIpc) is 3.31. The van der Waals surface area contributed by atoms with Gasteiger partial charge in [-0.25, -0.2) is 12.8 Å². The van der Waals surface area contributed by atoms with Crippen molar-refractivity contribution in [3.05, 3.63) is 82.9 Å². The Kier molecular flexibility index (Phi) is 4.49. The van der Waals surface area contributed by atoms with E-state index in [9.17, 15) is 26.0 Å². The standard InChI is InChI=1S/C21H17F4N3O2S/c22-14-5-1-12(2-6-14)17-9-15-10-19-18(11-26-27-19)20(17)28(15)31(29,30)16-7-3-13(4-8-16)21(23,24)25/h1-8,11,15,17,20H,9-10H2,(H,26,27). The van der Waals surface area contributed by atoms with Crippen LogP contribution in [0.15, 0.2) is 59.6 Å². The minimum atomic E-state index is -4.55. The van der Waals surface area contributed by atoms with Crippen LogP contribution in [0, 0.1) is 5.82 Å². The number of hydrogen-bond donors (Lipinski definition) is 1. The van der Waals surface area contributed by atoms with Crippen LogP contribution in [0.5, 0.6) is 0 Å². The molecule has 1 fully saturated rings. The number of sulfonamides is 1. The Balaban J connectivity index is 1.58. The summed E-state index contributed by atoms with van der Waals surface area (Å²) in [6.45, 7) is 0. The molecule has 1 aromatic heterocycles. The number of hydrogen-bond acceptors (Lipinski definition) is 3. The molecule has 0 spiro atoms. The first kappa shape index (κ1) is 20.2. The highest BCUT2D eigenvalue weighted by Gasteiger charge is 2.53. The maximum absolute atomic E-state index is 13.5. The van der Waals surface area contributed by atoms with Crippen molar-refractivity contribution in [2.24, 2.45) is 0 Å². The number of H-pyrrole nitrogens is 1. The molecule has 3 atom stereocenters. The number of nitrogens with one attached hydrogen (secondary N) is 1. The van der Waals surface area contributed by atoms with Crippen LogP contribution in [0.1, 0.15) is 40.8 Å². The van der Waals surface area contributed by atoms with Crippen molar-refractivity contribution < 1.29 is 26.0 Å². The summed E-state index contributed by atoms with van der Waals surface area (Å²) in [5.74, 6) is -0.614. The fraction of sp³-hybridized carbons (Fsp3) is 0.286. The molecular weight excluding hydrogens is 434 g/mol. The van der Waals surface area contributed by atoms with Crippen molar-refractivity contribution in [2.45, 2.75) is 41.9 Å². The summed E-state index contributed by atoms with van der Waals surface area (Å²) < 4.78 is 80.6.